The number of carbonyl (C=O) groups is 2. The van der Waals surface area contributed by atoms with Gasteiger partial charge in [-0.05, 0) is 48.6 Å². The van der Waals surface area contributed by atoms with Crippen LogP contribution in [0.3, 0.4) is 0 Å². The van der Waals surface area contributed by atoms with Crippen molar-refractivity contribution in [3.63, 3.8) is 0 Å². The summed E-state index contributed by atoms with van der Waals surface area (Å²) >= 11 is 11.2. The van der Waals surface area contributed by atoms with E-state index in [1.807, 2.05) is 6.07 Å². The topological polar surface area (TPSA) is 40.6 Å². The molecule has 23 heavy (non-hydrogen) atoms. The summed E-state index contributed by atoms with van der Waals surface area (Å²) in [5.41, 5.74) is 1.04. The largest absolute Gasteiger partial charge is 0.283 e. The highest BCUT2D eigenvalue weighted by atomic mass is 35.5. The van der Waals surface area contributed by atoms with Crippen molar-refractivity contribution in [3.8, 4) is 0 Å². The molecule has 0 atom stereocenters. The van der Waals surface area contributed by atoms with Gasteiger partial charge in [0.1, 0.15) is 0 Å². The van der Waals surface area contributed by atoms with Gasteiger partial charge in [0.25, 0.3) is 11.8 Å². The standard InChI is InChI=1S/C17H13ClN2O2S/c18-14-8-6-13(7-9-14)16(22)20-11-10-19(17(20)23)15(21)12-4-2-1-3-5-12/h1-9H,10-11H2. The Balaban J connectivity index is 1.77. The summed E-state index contributed by atoms with van der Waals surface area (Å²) in [7, 11) is 0. The van der Waals surface area contributed by atoms with Crippen LogP contribution < -0.4 is 0 Å². The van der Waals surface area contributed by atoms with Crippen LogP contribution in [0.1, 0.15) is 20.7 Å². The molecule has 6 heteroatoms. The average Bonchev–Trinajstić information content (AvgIpc) is 2.96. The zero-order chi connectivity index (χ0) is 16.4. The molecule has 2 aromatic carbocycles. The van der Waals surface area contributed by atoms with Gasteiger partial charge in [-0.15, -0.1) is 0 Å². The molecule has 0 radical (unpaired) electrons. The molecule has 1 aliphatic heterocycles. The molecule has 0 bridgehead atoms. The third-order valence-corrected chi connectivity index (χ3v) is 4.30. The minimum Gasteiger partial charge on any atom is -0.283 e. The fraction of sp³-hybridized carbons (Fsp3) is 0.118. The summed E-state index contributed by atoms with van der Waals surface area (Å²) in [6, 6.07) is 15.5. The number of nitrogens with zero attached hydrogens (tertiary/aromatic N) is 2. The first-order valence-corrected chi connectivity index (χ1v) is 7.85. The van der Waals surface area contributed by atoms with E-state index in [0.29, 0.717) is 29.2 Å². The monoisotopic (exact) mass is 344 g/mol. The third-order valence-electron chi connectivity index (χ3n) is 3.61. The maximum absolute atomic E-state index is 12.5. The van der Waals surface area contributed by atoms with E-state index < -0.39 is 0 Å². The fourth-order valence-corrected chi connectivity index (χ4v) is 2.87. The summed E-state index contributed by atoms with van der Waals surface area (Å²) in [5.74, 6) is -0.419. The molecular weight excluding hydrogens is 332 g/mol. The van der Waals surface area contributed by atoms with E-state index >= 15 is 0 Å². The average molecular weight is 345 g/mol. The molecule has 116 valence electrons. The van der Waals surface area contributed by atoms with Gasteiger partial charge in [0, 0.05) is 29.2 Å². The molecule has 4 nitrogen and oxygen atoms in total. The SMILES string of the molecule is O=C(c1ccccc1)N1CCN(C(=O)c2ccc(Cl)cc2)C1=S. The molecule has 1 saturated heterocycles. The molecule has 2 aromatic rings. The van der Waals surface area contributed by atoms with E-state index in [0.717, 1.165) is 0 Å². The van der Waals surface area contributed by atoms with E-state index in [1.54, 1.807) is 48.5 Å². The molecule has 1 aliphatic rings. The smallest absolute Gasteiger partial charge is 0.260 e. The van der Waals surface area contributed by atoms with Gasteiger partial charge < -0.3 is 0 Å². The molecule has 3 rings (SSSR count). The number of hydrogen-bond donors (Lipinski definition) is 0. The summed E-state index contributed by atoms with van der Waals surface area (Å²) in [6.07, 6.45) is 0. The lowest BCUT2D eigenvalue weighted by atomic mass is 10.2. The van der Waals surface area contributed by atoms with Crippen molar-refractivity contribution in [2.24, 2.45) is 0 Å². The van der Waals surface area contributed by atoms with E-state index in [9.17, 15) is 9.59 Å². The number of amides is 2. The first kappa shape index (κ1) is 15.6. The van der Waals surface area contributed by atoms with Gasteiger partial charge >= 0.3 is 0 Å². The molecule has 1 heterocycles. The maximum atomic E-state index is 12.5. The number of benzene rings is 2. The molecule has 0 spiro atoms. The minimum absolute atomic E-state index is 0.193. The number of carbonyl (C=O) groups excluding carboxylic acids is 2. The lowest BCUT2D eigenvalue weighted by Crippen LogP contribution is -2.38. The third kappa shape index (κ3) is 3.11. The van der Waals surface area contributed by atoms with Crippen LogP contribution >= 0.6 is 23.8 Å². The predicted octanol–water partition coefficient (Wildman–Crippen LogP) is 3.22. The molecule has 0 saturated carbocycles. The molecule has 0 aromatic heterocycles. The second-order valence-electron chi connectivity index (χ2n) is 5.07. The van der Waals surface area contributed by atoms with Gasteiger partial charge in [0.15, 0.2) is 5.11 Å². The Morgan fingerprint density at radius 1 is 0.826 bits per heavy atom. The van der Waals surface area contributed by atoms with Gasteiger partial charge in [-0.1, -0.05) is 29.8 Å². The van der Waals surface area contributed by atoms with Gasteiger partial charge in [0.05, 0.1) is 0 Å². The van der Waals surface area contributed by atoms with Gasteiger partial charge in [-0.25, -0.2) is 0 Å². The van der Waals surface area contributed by atoms with Crippen LogP contribution in [0.4, 0.5) is 0 Å². The highest BCUT2D eigenvalue weighted by molar-refractivity contribution is 7.80. The Labute approximate surface area is 144 Å². The summed E-state index contributed by atoms with van der Waals surface area (Å²) < 4.78 is 0. The summed E-state index contributed by atoms with van der Waals surface area (Å²) in [4.78, 5) is 27.9. The van der Waals surface area contributed by atoms with Crippen molar-refractivity contribution in [3.05, 3.63) is 70.7 Å². The van der Waals surface area contributed by atoms with Crippen LogP contribution in [-0.2, 0) is 0 Å². The number of rotatable bonds is 2. The van der Waals surface area contributed by atoms with Crippen LogP contribution in [0.25, 0.3) is 0 Å². The van der Waals surface area contributed by atoms with Crippen LogP contribution in [0, 0.1) is 0 Å². The Morgan fingerprint density at radius 2 is 1.30 bits per heavy atom. The molecular formula is C17H13ClN2O2S. The highest BCUT2D eigenvalue weighted by Gasteiger charge is 2.34. The van der Waals surface area contributed by atoms with Crippen LogP contribution in [0.5, 0.6) is 0 Å². The van der Waals surface area contributed by atoms with E-state index in [-0.39, 0.29) is 16.9 Å². The van der Waals surface area contributed by atoms with Crippen LogP contribution in [-0.4, -0.2) is 39.8 Å². The zero-order valence-electron chi connectivity index (χ0n) is 12.1. The Morgan fingerprint density at radius 3 is 1.83 bits per heavy atom. The minimum atomic E-state index is -0.227. The van der Waals surface area contributed by atoms with Crippen molar-refractivity contribution < 1.29 is 9.59 Å². The fourth-order valence-electron chi connectivity index (χ4n) is 2.40. The first-order chi connectivity index (χ1) is 11.1. The quantitative estimate of drug-likeness (QED) is 0.785. The number of thiocarbonyl (C=S) groups is 1. The van der Waals surface area contributed by atoms with Crippen LogP contribution in [0.2, 0.25) is 5.02 Å². The number of hydrogen-bond acceptors (Lipinski definition) is 3. The van der Waals surface area contributed by atoms with Crippen molar-refractivity contribution in [1.29, 1.82) is 0 Å². The zero-order valence-corrected chi connectivity index (χ0v) is 13.7. The second kappa shape index (κ2) is 6.48. The highest BCUT2D eigenvalue weighted by Crippen LogP contribution is 2.18. The number of halogens is 1. The predicted molar refractivity (Wildman–Crippen MR) is 92.6 cm³/mol. The van der Waals surface area contributed by atoms with Crippen molar-refractivity contribution in [2.75, 3.05) is 13.1 Å². The van der Waals surface area contributed by atoms with Crippen molar-refractivity contribution >= 4 is 40.7 Å². The Hall–Kier alpha value is -2.24. The Kier molecular flexibility index (Phi) is 4.41. The molecule has 0 aliphatic carbocycles. The van der Waals surface area contributed by atoms with Crippen molar-refractivity contribution in [1.82, 2.24) is 9.80 Å². The lowest BCUT2D eigenvalue weighted by molar-refractivity contribution is 0.0857. The van der Waals surface area contributed by atoms with Gasteiger partial charge in [-0.2, -0.15) is 0 Å². The van der Waals surface area contributed by atoms with Gasteiger partial charge in [0.2, 0.25) is 0 Å². The maximum Gasteiger partial charge on any atom is 0.260 e. The van der Waals surface area contributed by atoms with Crippen molar-refractivity contribution in [2.45, 2.75) is 0 Å². The second-order valence-corrected chi connectivity index (χ2v) is 5.87. The van der Waals surface area contributed by atoms with E-state index in [2.05, 4.69) is 0 Å². The lowest BCUT2D eigenvalue weighted by Gasteiger charge is -2.19. The van der Waals surface area contributed by atoms with Gasteiger partial charge in [-0.3, -0.25) is 19.4 Å². The van der Waals surface area contributed by atoms with E-state index in [1.165, 1.54) is 9.80 Å². The molecule has 2 amide bonds. The normalized spacial score (nSPS) is 14.2. The first-order valence-electron chi connectivity index (χ1n) is 7.06. The summed E-state index contributed by atoms with van der Waals surface area (Å²) in [6.45, 7) is 0.782. The Bertz CT molecular complexity index is 762. The van der Waals surface area contributed by atoms with Crippen LogP contribution in [0.15, 0.2) is 54.6 Å². The molecule has 0 unspecified atom stereocenters. The molecule has 0 N–H and O–H groups in total. The summed E-state index contributed by atoms with van der Waals surface area (Å²) in [5, 5.41) is 0.797. The van der Waals surface area contributed by atoms with E-state index in [4.69, 9.17) is 23.8 Å². The molecule has 1 fully saturated rings.